The van der Waals surface area contributed by atoms with Gasteiger partial charge in [-0.25, -0.2) is 0 Å². The average molecular weight is 279 g/mol. The second-order valence-electron chi connectivity index (χ2n) is 4.87. The highest BCUT2D eigenvalue weighted by molar-refractivity contribution is 6.33. The number of hydrogen-bond acceptors (Lipinski definition) is 4. The lowest BCUT2D eigenvalue weighted by molar-refractivity contribution is -0.169. The van der Waals surface area contributed by atoms with Crippen LogP contribution in [0.3, 0.4) is 0 Å². The van der Waals surface area contributed by atoms with Gasteiger partial charge < -0.3 is 14.4 Å². The number of hydrogen-bond donors (Lipinski definition) is 0. The van der Waals surface area contributed by atoms with E-state index in [4.69, 9.17) is 26.3 Å². The van der Waals surface area contributed by atoms with Crippen molar-refractivity contribution in [2.75, 3.05) is 31.2 Å². The number of nitriles is 1. The molecule has 2 fully saturated rings. The van der Waals surface area contributed by atoms with Crippen LogP contribution in [0.2, 0.25) is 5.02 Å². The van der Waals surface area contributed by atoms with Crippen LogP contribution in [-0.4, -0.2) is 32.1 Å². The van der Waals surface area contributed by atoms with Gasteiger partial charge in [-0.15, -0.1) is 0 Å². The van der Waals surface area contributed by atoms with E-state index in [0.717, 1.165) is 31.6 Å². The van der Waals surface area contributed by atoms with Gasteiger partial charge in [0.2, 0.25) is 0 Å². The molecule has 0 amide bonds. The third-order valence-corrected chi connectivity index (χ3v) is 4.06. The van der Waals surface area contributed by atoms with Crippen molar-refractivity contribution in [2.24, 2.45) is 0 Å². The van der Waals surface area contributed by atoms with Gasteiger partial charge in [0.1, 0.15) is 0 Å². The molecule has 0 bridgehead atoms. The average Bonchev–Trinajstić information content (AvgIpc) is 2.88. The van der Waals surface area contributed by atoms with Crippen molar-refractivity contribution in [3.05, 3.63) is 28.8 Å². The van der Waals surface area contributed by atoms with E-state index < -0.39 is 0 Å². The van der Waals surface area contributed by atoms with Crippen LogP contribution in [-0.2, 0) is 9.47 Å². The number of ether oxygens (including phenoxy) is 2. The Labute approximate surface area is 117 Å². The van der Waals surface area contributed by atoms with Crippen molar-refractivity contribution in [1.29, 1.82) is 5.26 Å². The quantitative estimate of drug-likeness (QED) is 0.792. The molecule has 2 aliphatic heterocycles. The Morgan fingerprint density at radius 3 is 2.47 bits per heavy atom. The molecule has 1 aromatic rings. The topological polar surface area (TPSA) is 45.5 Å². The summed E-state index contributed by atoms with van der Waals surface area (Å²) in [6, 6.07) is 7.52. The van der Waals surface area contributed by atoms with Crippen LogP contribution in [0.1, 0.15) is 18.4 Å². The highest BCUT2D eigenvalue weighted by atomic mass is 35.5. The van der Waals surface area contributed by atoms with E-state index in [-0.39, 0.29) is 5.79 Å². The van der Waals surface area contributed by atoms with Gasteiger partial charge in [0.25, 0.3) is 0 Å². The van der Waals surface area contributed by atoms with Crippen molar-refractivity contribution >= 4 is 17.3 Å². The van der Waals surface area contributed by atoms with Crippen LogP contribution in [0, 0.1) is 11.3 Å². The molecule has 2 saturated heterocycles. The number of nitrogens with zero attached hydrogens (tertiary/aromatic N) is 2. The zero-order valence-corrected chi connectivity index (χ0v) is 11.3. The van der Waals surface area contributed by atoms with Crippen molar-refractivity contribution < 1.29 is 9.47 Å². The molecule has 0 radical (unpaired) electrons. The van der Waals surface area contributed by atoms with Crippen LogP contribution < -0.4 is 4.90 Å². The van der Waals surface area contributed by atoms with Gasteiger partial charge in [0, 0.05) is 25.9 Å². The van der Waals surface area contributed by atoms with E-state index in [1.54, 1.807) is 12.1 Å². The number of piperidine rings is 1. The van der Waals surface area contributed by atoms with E-state index in [0.29, 0.717) is 23.8 Å². The number of halogens is 1. The predicted octanol–water partition coefficient (Wildman–Crippen LogP) is 2.55. The zero-order chi connectivity index (χ0) is 13.3. The van der Waals surface area contributed by atoms with E-state index >= 15 is 0 Å². The molecule has 0 N–H and O–H groups in total. The van der Waals surface area contributed by atoms with Gasteiger partial charge in [-0.1, -0.05) is 11.6 Å². The van der Waals surface area contributed by atoms with Gasteiger partial charge in [-0.05, 0) is 18.2 Å². The lowest BCUT2D eigenvalue weighted by atomic mass is 10.0. The summed E-state index contributed by atoms with van der Waals surface area (Å²) in [6.45, 7) is 3.09. The first-order chi connectivity index (χ1) is 9.22. The Bertz CT molecular complexity index is 511. The molecule has 1 aromatic carbocycles. The summed E-state index contributed by atoms with van der Waals surface area (Å²) in [5.74, 6) is -0.366. The van der Waals surface area contributed by atoms with Crippen molar-refractivity contribution in [3.8, 4) is 6.07 Å². The van der Waals surface area contributed by atoms with Gasteiger partial charge in [0.15, 0.2) is 5.79 Å². The molecule has 0 saturated carbocycles. The fraction of sp³-hybridized carbons (Fsp3) is 0.500. The van der Waals surface area contributed by atoms with Gasteiger partial charge in [-0.2, -0.15) is 5.26 Å². The van der Waals surface area contributed by atoms with Crippen LogP contribution in [0.15, 0.2) is 18.2 Å². The molecule has 19 heavy (non-hydrogen) atoms. The maximum absolute atomic E-state index is 8.85. The summed E-state index contributed by atoms with van der Waals surface area (Å²) in [6.07, 6.45) is 1.70. The van der Waals surface area contributed by atoms with Crippen molar-refractivity contribution in [1.82, 2.24) is 0 Å². The standard InChI is InChI=1S/C14H15ClN2O2/c15-12-9-11(10-16)1-2-13(12)17-5-3-14(4-6-17)18-7-8-19-14/h1-2,9H,3-8H2. The molecule has 2 aliphatic rings. The fourth-order valence-corrected chi connectivity index (χ4v) is 3.01. The highest BCUT2D eigenvalue weighted by Crippen LogP contribution is 2.35. The SMILES string of the molecule is N#Cc1ccc(N2CCC3(CC2)OCCO3)c(Cl)c1. The molecule has 3 rings (SSSR count). The third-order valence-electron chi connectivity index (χ3n) is 3.76. The van der Waals surface area contributed by atoms with E-state index in [1.807, 2.05) is 6.07 Å². The lowest BCUT2D eigenvalue weighted by Crippen LogP contribution is -2.45. The third kappa shape index (κ3) is 2.42. The maximum atomic E-state index is 8.85. The molecule has 0 aromatic heterocycles. The molecule has 5 heteroatoms. The summed E-state index contributed by atoms with van der Waals surface area (Å²) < 4.78 is 11.4. The second-order valence-corrected chi connectivity index (χ2v) is 5.28. The minimum Gasteiger partial charge on any atom is -0.370 e. The van der Waals surface area contributed by atoms with E-state index in [1.165, 1.54) is 0 Å². The maximum Gasteiger partial charge on any atom is 0.171 e. The Kier molecular flexibility index (Phi) is 3.36. The predicted molar refractivity (Wildman–Crippen MR) is 72.2 cm³/mol. The van der Waals surface area contributed by atoms with E-state index in [9.17, 15) is 0 Å². The molecule has 0 atom stereocenters. The summed E-state index contributed by atoms with van der Waals surface area (Å²) in [5, 5.41) is 9.48. The van der Waals surface area contributed by atoms with Crippen LogP contribution in [0.5, 0.6) is 0 Å². The normalized spacial score (nSPS) is 21.6. The Morgan fingerprint density at radius 2 is 1.89 bits per heavy atom. The molecule has 4 nitrogen and oxygen atoms in total. The van der Waals surface area contributed by atoms with Gasteiger partial charge in [0.05, 0.1) is 35.6 Å². The number of anilines is 1. The van der Waals surface area contributed by atoms with Crippen molar-refractivity contribution in [3.63, 3.8) is 0 Å². The Balaban J connectivity index is 1.73. The van der Waals surface area contributed by atoms with Crippen molar-refractivity contribution in [2.45, 2.75) is 18.6 Å². The monoisotopic (exact) mass is 278 g/mol. The van der Waals surface area contributed by atoms with E-state index in [2.05, 4.69) is 11.0 Å². The number of rotatable bonds is 1. The van der Waals surface area contributed by atoms with Gasteiger partial charge >= 0.3 is 0 Å². The zero-order valence-electron chi connectivity index (χ0n) is 10.6. The fourth-order valence-electron chi connectivity index (χ4n) is 2.71. The van der Waals surface area contributed by atoms with Gasteiger partial charge in [-0.3, -0.25) is 0 Å². The highest BCUT2D eigenvalue weighted by Gasteiger charge is 2.40. The van der Waals surface area contributed by atoms with Crippen LogP contribution in [0.4, 0.5) is 5.69 Å². The molecule has 1 spiro atoms. The molecular weight excluding hydrogens is 264 g/mol. The molecule has 0 unspecified atom stereocenters. The second kappa shape index (κ2) is 5.01. The first-order valence-corrected chi connectivity index (χ1v) is 6.83. The minimum atomic E-state index is -0.366. The summed E-state index contributed by atoms with van der Waals surface area (Å²) in [5.41, 5.74) is 1.57. The molecule has 0 aliphatic carbocycles. The summed E-state index contributed by atoms with van der Waals surface area (Å²) in [7, 11) is 0. The molecule has 2 heterocycles. The minimum absolute atomic E-state index is 0.366. The first-order valence-electron chi connectivity index (χ1n) is 6.45. The number of benzene rings is 1. The first kappa shape index (κ1) is 12.7. The largest absolute Gasteiger partial charge is 0.370 e. The Hall–Kier alpha value is -1.28. The van der Waals surface area contributed by atoms with Crippen LogP contribution in [0.25, 0.3) is 0 Å². The summed E-state index contributed by atoms with van der Waals surface area (Å²) >= 11 is 6.24. The molecule has 100 valence electrons. The van der Waals surface area contributed by atoms with Crippen LogP contribution >= 0.6 is 11.6 Å². The smallest absolute Gasteiger partial charge is 0.171 e. The lowest BCUT2D eigenvalue weighted by Gasteiger charge is -2.39. The summed E-state index contributed by atoms with van der Waals surface area (Å²) in [4.78, 5) is 2.22. The Morgan fingerprint density at radius 1 is 1.21 bits per heavy atom. The molecular formula is C14H15ClN2O2.